The number of aromatic nitrogens is 1. The Labute approximate surface area is 166 Å². The van der Waals surface area contributed by atoms with Crippen LogP contribution in [0.1, 0.15) is 64.3 Å². The van der Waals surface area contributed by atoms with Crippen molar-refractivity contribution >= 4 is 22.9 Å². The third-order valence-electron chi connectivity index (χ3n) is 4.96. The van der Waals surface area contributed by atoms with E-state index in [1.54, 1.807) is 11.3 Å². The molecule has 146 valence electrons. The van der Waals surface area contributed by atoms with Gasteiger partial charge in [-0.1, -0.05) is 39.5 Å². The Morgan fingerprint density at radius 2 is 1.96 bits per heavy atom. The van der Waals surface area contributed by atoms with Crippen molar-refractivity contribution in [3.05, 3.63) is 28.6 Å². The molecule has 1 aliphatic rings. The molecule has 1 amide bonds. The van der Waals surface area contributed by atoms with E-state index < -0.39 is 6.10 Å². The Kier molecular flexibility index (Phi) is 6.89. The van der Waals surface area contributed by atoms with Gasteiger partial charge in [-0.15, -0.1) is 11.3 Å². The number of carbonyl (C=O) groups excluding carboxylic acids is 1. The lowest BCUT2D eigenvalue weighted by Gasteiger charge is -2.33. The molecule has 0 aliphatic carbocycles. The number of ether oxygens (including phenoxy) is 1. The van der Waals surface area contributed by atoms with Crippen molar-refractivity contribution in [2.24, 2.45) is 0 Å². The van der Waals surface area contributed by atoms with Gasteiger partial charge in [0.15, 0.2) is 6.10 Å². The van der Waals surface area contributed by atoms with Gasteiger partial charge >= 0.3 is 0 Å². The van der Waals surface area contributed by atoms with Crippen LogP contribution in [-0.4, -0.2) is 23.5 Å². The molecule has 0 saturated heterocycles. The number of benzene rings is 1. The standard InChI is InChI=1S/C22H30N2O2S/c1-4-6-7-8-9-13-24-19-14-17(18-15-27-21(23-18)10-5-2)11-12-20(19)26-16(3)22(24)25/h11-12,14-16H,4-10,13H2,1-3H3. The predicted molar refractivity (Wildman–Crippen MR) is 113 cm³/mol. The van der Waals surface area contributed by atoms with Crippen molar-refractivity contribution in [3.8, 4) is 17.0 Å². The van der Waals surface area contributed by atoms with Crippen molar-refractivity contribution < 1.29 is 9.53 Å². The highest BCUT2D eigenvalue weighted by atomic mass is 32.1. The summed E-state index contributed by atoms with van der Waals surface area (Å²) in [4.78, 5) is 19.4. The van der Waals surface area contributed by atoms with Gasteiger partial charge in [-0.2, -0.15) is 0 Å². The summed E-state index contributed by atoms with van der Waals surface area (Å²) in [5.41, 5.74) is 2.92. The van der Waals surface area contributed by atoms with Crippen LogP contribution in [0, 0.1) is 0 Å². The van der Waals surface area contributed by atoms with Crippen molar-refractivity contribution in [1.82, 2.24) is 4.98 Å². The maximum absolute atomic E-state index is 12.7. The first-order chi connectivity index (χ1) is 13.1. The zero-order valence-corrected chi connectivity index (χ0v) is 17.5. The zero-order chi connectivity index (χ0) is 19.2. The van der Waals surface area contributed by atoms with E-state index in [1.165, 1.54) is 24.3 Å². The van der Waals surface area contributed by atoms with Gasteiger partial charge < -0.3 is 9.64 Å². The number of amides is 1. The Morgan fingerprint density at radius 1 is 1.15 bits per heavy atom. The van der Waals surface area contributed by atoms with Gasteiger partial charge in [-0.3, -0.25) is 4.79 Å². The number of hydrogen-bond acceptors (Lipinski definition) is 4. The first kappa shape index (κ1) is 19.9. The lowest BCUT2D eigenvalue weighted by Crippen LogP contribution is -2.44. The first-order valence-corrected chi connectivity index (χ1v) is 11.1. The summed E-state index contributed by atoms with van der Waals surface area (Å²) in [6.07, 6.45) is 7.60. The summed E-state index contributed by atoms with van der Waals surface area (Å²) in [7, 11) is 0. The molecule has 5 heteroatoms. The molecule has 27 heavy (non-hydrogen) atoms. The van der Waals surface area contributed by atoms with E-state index in [1.807, 2.05) is 24.0 Å². The van der Waals surface area contributed by atoms with Crippen LogP contribution in [0.25, 0.3) is 11.3 Å². The number of carbonyl (C=O) groups is 1. The molecule has 0 N–H and O–H groups in total. The molecule has 1 unspecified atom stereocenters. The Morgan fingerprint density at radius 3 is 2.74 bits per heavy atom. The molecule has 2 heterocycles. The Hall–Kier alpha value is -1.88. The van der Waals surface area contributed by atoms with E-state index in [2.05, 4.69) is 25.3 Å². The van der Waals surface area contributed by atoms with Crippen LogP contribution in [0.15, 0.2) is 23.6 Å². The number of aryl methyl sites for hydroxylation is 1. The van der Waals surface area contributed by atoms with Crippen LogP contribution >= 0.6 is 11.3 Å². The van der Waals surface area contributed by atoms with E-state index in [9.17, 15) is 4.79 Å². The zero-order valence-electron chi connectivity index (χ0n) is 16.7. The van der Waals surface area contributed by atoms with Gasteiger partial charge in [0.2, 0.25) is 0 Å². The van der Waals surface area contributed by atoms with Gasteiger partial charge in [-0.25, -0.2) is 4.98 Å². The smallest absolute Gasteiger partial charge is 0.267 e. The van der Waals surface area contributed by atoms with E-state index in [0.717, 1.165) is 54.9 Å². The largest absolute Gasteiger partial charge is 0.479 e. The maximum atomic E-state index is 12.7. The Balaban J connectivity index is 1.81. The second-order valence-electron chi connectivity index (χ2n) is 7.22. The number of hydrogen-bond donors (Lipinski definition) is 0. The second kappa shape index (κ2) is 9.36. The second-order valence-corrected chi connectivity index (χ2v) is 8.17. The van der Waals surface area contributed by atoms with Gasteiger partial charge in [0.1, 0.15) is 5.75 Å². The quantitative estimate of drug-likeness (QED) is 0.508. The molecular formula is C22H30N2O2S. The lowest BCUT2D eigenvalue weighted by molar-refractivity contribution is -0.125. The van der Waals surface area contributed by atoms with Gasteiger partial charge in [0, 0.05) is 17.5 Å². The van der Waals surface area contributed by atoms with Crippen molar-refractivity contribution in [3.63, 3.8) is 0 Å². The molecule has 3 rings (SSSR count). The first-order valence-electron chi connectivity index (χ1n) is 10.2. The molecule has 1 aromatic carbocycles. The molecule has 0 fully saturated rings. The third kappa shape index (κ3) is 4.70. The maximum Gasteiger partial charge on any atom is 0.267 e. The molecular weight excluding hydrogens is 356 g/mol. The van der Waals surface area contributed by atoms with Crippen LogP contribution in [0.4, 0.5) is 5.69 Å². The molecule has 2 aromatic rings. The van der Waals surface area contributed by atoms with E-state index >= 15 is 0 Å². The van der Waals surface area contributed by atoms with Crippen molar-refractivity contribution in [2.75, 3.05) is 11.4 Å². The fraction of sp³-hybridized carbons (Fsp3) is 0.545. The molecule has 0 spiro atoms. The predicted octanol–water partition coefficient (Wildman–Crippen LogP) is 5.85. The minimum absolute atomic E-state index is 0.0556. The summed E-state index contributed by atoms with van der Waals surface area (Å²) < 4.78 is 5.84. The van der Waals surface area contributed by atoms with Crippen molar-refractivity contribution in [2.45, 2.75) is 71.8 Å². The highest BCUT2D eigenvalue weighted by Crippen LogP contribution is 2.38. The highest BCUT2D eigenvalue weighted by Gasteiger charge is 2.31. The van der Waals surface area contributed by atoms with Crippen LogP contribution in [0.3, 0.4) is 0 Å². The normalized spacial score (nSPS) is 16.3. The highest BCUT2D eigenvalue weighted by molar-refractivity contribution is 7.09. The molecule has 0 bridgehead atoms. The van der Waals surface area contributed by atoms with Gasteiger partial charge in [0.05, 0.1) is 16.4 Å². The van der Waals surface area contributed by atoms with Crippen molar-refractivity contribution in [1.29, 1.82) is 0 Å². The fourth-order valence-electron chi connectivity index (χ4n) is 3.44. The summed E-state index contributed by atoms with van der Waals surface area (Å²) >= 11 is 1.71. The summed E-state index contributed by atoms with van der Waals surface area (Å²) in [6.45, 7) is 6.98. The molecule has 1 aromatic heterocycles. The van der Waals surface area contributed by atoms with Crippen LogP contribution in [0.2, 0.25) is 0 Å². The number of unbranched alkanes of at least 4 members (excludes halogenated alkanes) is 4. The van der Waals surface area contributed by atoms with E-state index in [4.69, 9.17) is 9.72 Å². The van der Waals surface area contributed by atoms with E-state index in [0.29, 0.717) is 0 Å². The van der Waals surface area contributed by atoms with Crippen LogP contribution < -0.4 is 9.64 Å². The minimum atomic E-state index is -0.422. The average molecular weight is 387 g/mol. The van der Waals surface area contributed by atoms with Crippen LogP contribution in [-0.2, 0) is 11.2 Å². The molecule has 1 atom stereocenters. The lowest BCUT2D eigenvalue weighted by atomic mass is 10.1. The average Bonchev–Trinajstić information content (AvgIpc) is 3.13. The number of nitrogens with zero attached hydrogens (tertiary/aromatic N) is 2. The summed E-state index contributed by atoms with van der Waals surface area (Å²) in [5.74, 6) is 0.850. The molecule has 1 aliphatic heterocycles. The molecule has 0 radical (unpaired) electrons. The summed E-state index contributed by atoms with van der Waals surface area (Å²) in [6, 6.07) is 6.10. The Bertz CT molecular complexity index is 771. The number of fused-ring (bicyclic) bond motifs is 1. The number of anilines is 1. The fourth-order valence-corrected chi connectivity index (χ4v) is 4.35. The van der Waals surface area contributed by atoms with Gasteiger partial charge in [0.25, 0.3) is 5.91 Å². The monoisotopic (exact) mass is 386 g/mol. The SMILES string of the molecule is CCCCCCCN1C(=O)C(C)Oc2ccc(-c3csc(CCC)n3)cc21. The van der Waals surface area contributed by atoms with Gasteiger partial charge in [-0.05, 0) is 44.4 Å². The number of thiazole rings is 1. The molecule has 4 nitrogen and oxygen atoms in total. The minimum Gasteiger partial charge on any atom is -0.479 e. The summed E-state index contributed by atoms with van der Waals surface area (Å²) in [5, 5.41) is 3.27. The third-order valence-corrected chi connectivity index (χ3v) is 5.87. The van der Waals surface area contributed by atoms with E-state index in [-0.39, 0.29) is 5.91 Å². The molecule has 0 saturated carbocycles. The number of rotatable bonds is 9. The topological polar surface area (TPSA) is 42.4 Å². The van der Waals surface area contributed by atoms with Crippen LogP contribution in [0.5, 0.6) is 5.75 Å².